The van der Waals surface area contributed by atoms with Gasteiger partial charge in [-0.1, -0.05) is 26.0 Å². The number of ether oxygens (including phenoxy) is 2. The van der Waals surface area contributed by atoms with Gasteiger partial charge in [-0.25, -0.2) is 0 Å². The molecule has 1 aliphatic heterocycles. The standard InChI is InChI=1S/C24H30N2O4/c1-5-16(3)26-15-18-14-19(10-11-22(18)30-21(6-2)24(26)28)25-23(27)13-17-8-7-9-20(12-17)29-4/h7-12,14,16,21H,5-6,13,15H2,1-4H3,(H,25,27). The van der Waals surface area contributed by atoms with Gasteiger partial charge in [0.1, 0.15) is 11.5 Å². The lowest BCUT2D eigenvalue weighted by molar-refractivity contribution is -0.140. The zero-order chi connectivity index (χ0) is 21.7. The van der Waals surface area contributed by atoms with Crippen molar-refractivity contribution in [1.29, 1.82) is 0 Å². The molecule has 0 radical (unpaired) electrons. The Bertz CT molecular complexity index is 912. The number of hydrogen-bond acceptors (Lipinski definition) is 4. The van der Waals surface area contributed by atoms with Crippen molar-refractivity contribution in [2.75, 3.05) is 12.4 Å². The average Bonchev–Trinajstić information content (AvgIpc) is 2.89. The minimum absolute atomic E-state index is 0.0201. The van der Waals surface area contributed by atoms with Crippen molar-refractivity contribution in [1.82, 2.24) is 4.90 Å². The van der Waals surface area contributed by atoms with Crippen LogP contribution in [-0.4, -0.2) is 36.0 Å². The van der Waals surface area contributed by atoms with E-state index in [-0.39, 0.29) is 24.3 Å². The highest BCUT2D eigenvalue weighted by molar-refractivity contribution is 5.92. The highest BCUT2D eigenvalue weighted by Crippen LogP contribution is 2.30. The first-order valence-corrected chi connectivity index (χ1v) is 10.5. The van der Waals surface area contributed by atoms with Gasteiger partial charge in [-0.15, -0.1) is 0 Å². The van der Waals surface area contributed by atoms with E-state index < -0.39 is 6.10 Å². The molecule has 160 valence electrons. The third-order valence-corrected chi connectivity index (χ3v) is 5.51. The topological polar surface area (TPSA) is 67.9 Å². The summed E-state index contributed by atoms with van der Waals surface area (Å²) in [6.45, 7) is 6.55. The molecule has 1 heterocycles. The minimum Gasteiger partial charge on any atom is -0.497 e. The lowest BCUT2D eigenvalue weighted by Crippen LogP contribution is -2.43. The van der Waals surface area contributed by atoms with Gasteiger partial charge in [-0.05, 0) is 55.7 Å². The van der Waals surface area contributed by atoms with Crippen LogP contribution in [0.2, 0.25) is 0 Å². The molecule has 2 atom stereocenters. The molecule has 1 N–H and O–H groups in total. The second-order valence-electron chi connectivity index (χ2n) is 7.64. The summed E-state index contributed by atoms with van der Waals surface area (Å²) < 4.78 is 11.2. The molecule has 1 aliphatic rings. The highest BCUT2D eigenvalue weighted by atomic mass is 16.5. The Morgan fingerprint density at radius 1 is 1.27 bits per heavy atom. The van der Waals surface area contributed by atoms with Crippen LogP contribution < -0.4 is 14.8 Å². The molecule has 3 rings (SSSR count). The number of rotatable bonds is 7. The summed E-state index contributed by atoms with van der Waals surface area (Å²) in [7, 11) is 1.60. The Labute approximate surface area is 178 Å². The van der Waals surface area contributed by atoms with E-state index in [9.17, 15) is 9.59 Å². The molecule has 2 aromatic carbocycles. The molecule has 0 fully saturated rings. The average molecular weight is 411 g/mol. The van der Waals surface area contributed by atoms with E-state index in [1.165, 1.54) is 0 Å². The van der Waals surface area contributed by atoms with Gasteiger partial charge in [0.15, 0.2) is 6.10 Å². The summed E-state index contributed by atoms with van der Waals surface area (Å²) in [5, 5.41) is 2.95. The summed E-state index contributed by atoms with van der Waals surface area (Å²) in [5.74, 6) is 1.33. The number of carbonyl (C=O) groups excluding carboxylic acids is 2. The van der Waals surface area contributed by atoms with Gasteiger partial charge in [0, 0.05) is 23.8 Å². The van der Waals surface area contributed by atoms with Gasteiger partial charge in [0.2, 0.25) is 5.91 Å². The molecule has 6 heteroatoms. The predicted molar refractivity (Wildman–Crippen MR) is 117 cm³/mol. The number of fused-ring (bicyclic) bond motifs is 1. The number of amides is 2. The van der Waals surface area contributed by atoms with Gasteiger partial charge >= 0.3 is 0 Å². The Kier molecular flexibility index (Phi) is 6.98. The van der Waals surface area contributed by atoms with Crippen LogP contribution in [0.25, 0.3) is 0 Å². The Morgan fingerprint density at radius 2 is 2.07 bits per heavy atom. The molecule has 0 spiro atoms. The van der Waals surface area contributed by atoms with E-state index in [0.29, 0.717) is 24.4 Å². The first kappa shape index (κ1) is 21.7. The summed E-state index contributed by atoms with van der Waals surface area (Å²) in [6.07, 6.45) is 1.26. The van der Waals surface area contributed by atoms with Crippen LogP contribution in [0.5, 0.6) is 11.5 Å². The second kappa shape index (κ2) is 9.65. The van der Waals surface area contributed by atoms with Crippen molar-refractivity contribution in [3.05, 3.63) is 53.6 Å². The lowest BCUT2D eigenvalue weighted by Gasteiger charge is -2.28. The predicted octanol–water partition coefficient (Wildman–Crippen LogP) is 4.17. The lowest BCUT2D eigenvalue weighted by atomic mass is 10.1. The van der Waals surface area contributed by atoms with E-state index in [4.69, 9.17) is 9.47 Å². The molecule has 6 nitrogen and oxygen atoms in total. The van der Waals surface area contributed by atoms with E-state index in [2.05, 4.69) is 19.2 Å². The minimum atomic E-state index is -0.478. The van der Waals surface area contributed by atoms with Crippen LogP contribution in [0, 0.1) is 0 Å². The van der Waals surface area contributed by atoms with Crippen LogP contribution in [0.4, 0.5) is 5.69 Å². The largest absolute Gasteiger partial charge is 0.497 e. The van der Waals surface area contributed by atoms with Crippen LogP contribution in [0.1, 0.15) is 44.7 Å². The fourth-order valence-corrected chi connectivity index (χ4v) is 3.57. The molecular formula is C24H30N2O4. The number of carbonyl (C=O) groups is 2. The van der Waals surface area contributed by atoms with Gasteiger partial charge in [-0.2, -0.15) is 0 Å². The zero-order valence-electron chi connectivity index (χ0n) is 18.1. The van der Waals surface area contributed by atoms with Crippen LogP contribution >= 0.6 is 0 Å². The SMILES string of the molecule is CCC1Oc2ccc(NC(=O)Cc3cccc(OC)c3)cc2CN(C(C)CC)C1=O. The normalized spacial score (nSPS) is 16.9. The Hall–Kier alpha value is -3.02. The van der Waals surface area contributed by atoms with E-state index in [0.717, 1.165) is 23.3 Å². The van der Waals surface area contributed by atoms with Gasteiger partial charge in [-0.3, -0.25) is 9.59 Å². The number of nitrogens with one attached hydrogen (secondary N) is 1. The molecule has 0 bridgehead atoms. The second-order valence-corrected chi connectivity index (χ2v) is 7.64. The summed E-state index contributed by atoms with van der Waals surface area (Å²) >= 11 is 0. The van der Waals surface area contributed by atoms with E-state index in [1.54, 1.807) is 7.11 Å². The molecular weight excluding hydrogens is 380 g/mol. The number of nitrogens with zero attached hydrogens (tertiary/aromatic N) is 1. The number of hydrogen-bond donors (Lipinski definition) is 1. The zero-order valence-corrected chi connectivity index (χ0v) is 18.1. The fourth-order valence-electron chi connectivity index (χ4n) is 3.57. The maximum absolute atomic E-state index is 12.9. The first-order valence-electron chi connectivity index (χ1n) is 10.5. The van der Waals surface area contributed by atoms with Crippen LogP contribution in [0.15, 0.2) is 42.5 Å². The quantitative estimate of drug-likeness (QED) is 0.744. The molecule has 2 unspecified atom stereocenters. The maximum Gasteiger partial charge on any atom is 0.264 e. The highest BCUT2D eigenvalue weighted by Gasteiger charge is 2.32. The maximum atomic E-state index is 12.9. The van der Waals surface area contributed by atoms with E-state index >= 15 is 0 Å². The summed E-state index contributed by atoms with van der Waals surface area (Å²) in [6, 6.07) is 13.1. The van der Waals surface area contributed by atoms with Gasteiger partial charge in [0.25, 0.3) is 5.91 Å². The number of methoxy groups -OCH3 is 1. The Morgan fingerprint density at radius 3 is 2.77 bits per heavy atom. The van der Waals surface area contributed by atoms with Crippen molar-refractivity contribution in [3.63, 3.8) is 0 Å². The monoisotopic (exact) mass is 410 g/mol. The van der Waals surface area contributed by atoms with Gasteiger partial charge < -0.3 is 19.7 Å². The fraction of sp³-hybridized carbons (Fsp3) is 0.417. The molecule has 0 aliphatic carbocycles. The summed E-state index contributed by atoms with van der Waals surface area (Å²) in [4.78, 5) is 27.3. The molecule has 2 amide bonds. The van der Waals surface area contributed by atoms with Gasteiger partial charge in [0.05, 0.1) is 13.5 Å². The molecule has 30 heavy (non-hydrogen) atoms. The summed E-state index contributed by atoms with van der Waals surface area (Å²) in [5.41, 5.74) is 2.47. The van der Waals surface area contributed by atoms with E-state index in [1.807, 2.05) is 54.3 Å². The third kappa shape index (κ3) is 4.93. The van der Waals surface area contributed by atoms with Crippen molar-refractivity contribution in [3.8, 4) is 11.5 Å². The first-order chi connectivity index (χ1) is 14.4. The molecule has 0 saturated heterocycles. The van der Waals surface area contributed by atoms with Crippen LogP contribution in [0.3, 0.4) is 0 Å². The van der Waals surface area contributed by atoms with Crippen LogP contribution in [-0.2, 0) is 22.6 Å². The van der Waals surface area contributed by atoms with Crippen molar-refractivity contribution in [2.24, 2.45) is 0 Å². The molecule has 0 aromatic heterocycles. The smallest absolute Gasteiger partial charge is 0.264 e. The number of benzene rings is 2. The third-order valence-electron chi connectivity index (χ3n) is 5.51. The van der Waals surface area contributed by atoms with Crippen molar-refractivity contribution in [2.45, 2.75) is 58.7 Å². The molecule has 0 saturated carbocycles. The Balaban J connectivity index is 1.77. The number of anilines is 1. The van der Waals surface area contributed by atoms with Crippen molar-refractivity contribution < 1.29 is 19.1 Å². The molecule has 2 aromatic rings. The van der Waals surface area contributed by atoms with Crippen molar-refractivity contribution >= 4 is 17.5 Å².